The van der Waals surface area contributed by atoms with Crippen molar-refractivity contribution in [3.8, 4) is 11.5 Å². The Morgan fingerprint density at radius 2 is 1.61 bits per heavy atom. The molecule has 0 unspecified atom stereocenters. The number of halogens is 1. The Morgan fingerprint density at radius 1 is 0.870 bits per heavy atom. The lowest BCUT2D eigenvalue weighted by atomic mass is 10.0. The van der Waals surface area contributed by atoms with Crippen LogP contribution in [0.25, 0.3) is 32.6 Å². The first-order valence-electron chi connectivity index (χ1n) is 7.11. The molecular formula is C18H13ClN2O2. The van der Waals surface area contributed by atoms with Crippen LogP contribution in [0.15, 0.2) is 42.6 Å². The molecule has 0 aliphatic rings. The number of methoxy groups -OCH3 is 2. The van der Waals surface area contributed by atoms with Crippen LogP contribution in [0.4, 0.5) is 0 Å². The van der Waals surface area contributed by atoms with Crippen molar-refractivity contribution in [3.05, 3.63) is 47.7 Å². The van der Waals surface area contributed by atoms with E-state index in [0.717, 1.165) is 32.6 Å². The summed E-state index contributed by atoms with van der Waals surface area (Å²) in [5.74, 6) is 1.39. The van der Waals surface area contributed by atoms with Crippen LogP contribution in [-0.4, -0.2) is 24.2 Å². The molecular weight excluding hydrogens is 312 g/mol. The molecule has 4 nitrogen and oxygen atoms in total. The van der Waals surface area contributed by atoms with Gasteiger partial charge in [0, 0.05) is 22.4 Å². The van der Waals surface area contributed by atoms with Gasteiger partial charge in [-0.3, -0.25) is 4.98 Å². The minimum atomic E-state index is 0.476. The van der Waals surface area contributed by atoms with Crippen LogP contribution in [0.1, 0.15) is 0 Å². The highest BCUT2D eigenvalue weighted by molar-refractivity contribution is 6.30. The van der Waals surface area contributed by atoms with Gasteiger partial charge in [-0.1, -0.05) is 11.6 Å². The van der Waals surface area contributed by atoms with Gasteiger partial charge in [-0.15, -0.1) is 0 Å². The number of nitrogens with zero attached hydrogens (tertiary/aromatic N) is 2. The third-order valence-corrected chi connectivity index (χ3v) is 4.20. The van der Waals surface area contributed by atoms with Crippen molar-refractivity contribution >= 4 is 44.2 Å². The van der Waals surface area contributed by atoms with Gasteiger partial charge in [-0.25, -0.2) is 4.98 Å². The Labute approximate surface area is 137 Å². The molecule has 0 amide bonds. The van der Waals surface area contributed by atoms with Gasteiger partial charge in [0.25, 0.3) is 0 Å². The maximum absolute atomic E-state index is 5.98. The molecule has 0 spiro atoms. The van der Waals surface area contributed by atoms with Crippen molar-refractivity contribution < 1.29 is 9.47 Å². The molecule has 0 saturated carbocycles. The van der Waals surface area contributed by atoms with Crippen molar-refractivity contribution in [2.45, 2.75) is 0 Å². The van der Waals surface area contributed by atoms with E-state index in [1.54, 1.807) is 20.3 Å². The molecule has 5 heteroatoms. The number of benzene rings is 2. The van der Waals surface area contributed by atoms with E-state index in [4.69, 9.17) is 21.1 Å². The topological polar surface area (TPSA) is 44.2 Å². The van der Waals surface area contributed by atoms with Gasteiger partial charge in [0.2, 0.25) is 0 Å². The molecule has 114 valence electrons. The van der Waals surface area contributed by atoms with Crippen molar-refractivity contribution in [1.29, 1.82) is 0 Å². The third kappa shape index (κ3) is 2.14. The molecule has 4 aromatic rings. The molecule has 2 heterocycles. The Morgan fingerprint density at radius 3 is 2.39 bits per heavy atom. The number of rotatable bonds is 2. The fourth-order valence-corrected chi connectivity index (χ4v) is 3.04. The first kappa shape index (κ1) is 14.0. The van der Waals surface area contributed by atoms with Crippen LogP contribution < -0.4 is 9.47 Å². The van der Waals surface area contributed by atoms with E-state index < -0.39 is 0 Å². The van der Waals surface area contributed by atoms with Gasteiger partial charge in [-0.2, -0.15) is 0 Å². The van der Waals surface area contributed by atoms with E-state index in [1.807, 2.05) is 36.5 Å². The quantitative estimate of drug-likeness (QED) is 0.399. The molecule has 4 rings (SSSR count). The minimum absolute atomic E-state index is 0.476. The summed E-state index contributed by atoms with van der Waals surface area (Å²) in [5, 5.41) is 4.55. The number of hydrogen-bond donors (Lipinski definition) is 0. The van der Waals surface area contributed by atoms with Gasteiger partial charge < -0.3 is 9.47 Å². The van der Waals surface area contributed by atoms with E-state index in [9.17, 15) is 0 Å². The van der Waals surface area contributed by atoms with Crippen LogP contribution in [0.5, 0.6) is 11.5 Å². The summed E-state index contributed by atoms with van der Waals surface area (Å²) in [7, 11) is 3.26. The molecule has 0 aliphatic heterocycles. The average Bonchev–Trinajstić information content (AvgIpc) is 2.59. The molecule has 0 bridgehead atoms. The van der Waals surface area contributed by atoms with Gasteiger partial charge in [0.15, 0.2) is 11.5 Å². The maximum Gasteiger partial charge on any atom is 0.161 e. The Bertz CT molecular complexity index is 1060. The second-order valence-corrected chi connectivity index (χ2v) is 5.60. The fraction of sp³-hybridized carbons (Fsp3) is 0.111. The predicted octanol–water partition coefficient (Wildman–Crippen LogP) is 4.61. The van der Waals surface area contributed by atoms with Gasteiger partial charge >= 0.3 is 0 Å². The second kappa shape index (κ2) is 5.25. The molecule has 2 aromatic heterocycles. The Balaban J connectivity index is 2.14. The summed E-state index contributed by atoms with van der Waals surface area (Å²) < 4.78 is 10.8. The summed E-state index contributed by atoms with van der Waals surface area (Å²) in [4.78, 5) is 8.97. The summed E-state index contributed by atoms with van der Waals surface area (Å²) in [6, 6.07) is 11.6. The van der Waals surface area contributed by atoms with E-state index in [-0.39, 0.29) is 0 Å². The minimum Gasteiger partial charge on any atom is -0.493 e. The van der Waals surface area contributed by atoms with Crippen LogP contribution in [0, 0.1) is 0 Å². The molecule has 0 fully saturated rings. The highest BCUT2D eigenvalue weighted by atomic mass is 35.5. The molecule has 0 N–H and O–H groups in total. The van der Waals surface area contributed by atoms with Crippen LogP contribution in [0.3, 0.4) is 0 Å². The first-order chi connectivity index (χ1) is 11.2. The largest absolute Gasteiger partial charge is 0.493 e. The lowest BCUT2D eigenvalue weighted by Gasteiger charge is -2.11. The van der Waals surface area contributed by atoms with E-state index in [0.29, 0.717) is 16.7 Å². The van der Waals surface area contributed by atoms with Gasteiger partial charge in [0.1, 0.15) is 5.15 Å². The predicted molar refractivity (Wildman–Crippen MR) is 92.7 cm³/mol. The lowest BCUT2D eigenvalue weighted by molar-refractivity contribution is 0.356. The zero-order valence-corrected chi connectivity index (χ0v) is 13.4. The number of pyridine rings is 2. The number of hydrogen-bond acceptors (Lipinski definition) is 4. The molecule has 2 aromatic carbocycles. The smallest absolute Gasteiger partial charge is 0.161 e. The zero-order valence-electron chi connectivity index (χ0n) is 12.6. The van der Waals surface area contributed by atoms with Crippen LogP contribution >= 0.6 is 11.6 Å². The van der Waals surface area contributed by atoms with Crippen molar-refractivity contribution in [2.24, 2.45) is 0 Å². The summed E-state index contributed by atoms with van der Waals surface area (Å²) in [6.07, 6.45) is 1.84. The average molecular weight is 325 g/mol. The Kier molecular flexibility index (Phi) is 3.20. The highest BCUT2D eigenvalue weighted by Gasteiger charge is 2.11. The molecule has 0 aliphatic carbocycles. The zero-order chi connectivity index (χ0) is 16.0. The SMILES string of the molecule is COc1cc2cnc3c4ccc(Cl)nc4ccc3c2cc1OC. The molecule has 0 atom stereocenters. The van der Waals surface area contributed by atoms with E-state index >= 15 is 0 Å². The van der Waals surface area contributed by atoms with Crippen molar-refractivity contribution in [1.82, 2.24) is 9.97 Å². The molecule has 0 radical (unpaired) electrons. The van der Waals surface area contributed by atoms with Crippen molar-refractivity contribution in [3.63, 3.8) is 0 Å². The Hall–Kier alpha value is -2.59. The standard InChI is InChI=1S/C18H13ClN2O2/c1-22-15-7-10-9-20-18-11(13(10)8-16(15)23-2)3-5-14-12(18)4-6-17(19)21-14/h3-9H,1-2H3. The monoisotopic (exact) mass is 324 g/mol. The maximum atomic E-state index is 5.98. The normalized spacial score (nSPS) is 11.3. The summed E-state index contributed by atoms with van der Waals surface area (Å²) in [6.45, 7) is 0. The first-order valence-corrected chi connectivity index (χ1v) is 7.49. The summed E-state index contributed by atoms with van der Waals surface area (Å²) >= 11 is 5.98. The van der Waals surface area contributed by atoms with E-state index in [1.165, 1.54) is 0 Å². The van der Waals surface area contributed by atoms with Gasteiger partial charge in [-0.05, 0) is 41.8 Å². The fourth-order valence-electron chi connectivity index (χ4n) is 2.89. The number of aromatic nitrogens is 2. The number of fused-ring (bicyclic) bond motifs is 5. The van der Waals surface area contributed by atoms with Crippen LogP contribution in [-0.2, 0) is 0 Å². The van der Waals surface area contributed by atoms with Crippen LogP contribution in [0.2, 0.25) is 5.15 Å². The number of ether oxygens (including phenoxy) is 2. The van der Waals surface area contributed by atoms with E-state index in [2.05, 4.69) is 9.97 Å². The molecule has 0 saturated heterocycles. The second-order valence-electron chi connectivity index (χ2n) is 5.22. The summed E-state index contributed by atoms with van der Waals surface area (Å²) in [5.41, 5.74) is 1.73. The molecule has 23 heavy (non-hydrogen) atoms. The third-order valence-electron chi connectivity index (χ3n) is 3.99. The lowest BCUT2D eigenvalue weighted by Crippen LogP contribution is -1.92. The van der Waals surface area contributed by atoms with Gasteiger partial charge in [0.05, 0.1) is 25.3 Å². The van der Waals surface area contributed by atoms with Crippen molar-refractivity contribution in [2.75, 3.05) is 14.2 Å². The highest BCUT2D eigenvalue weighted by Crippen LogP contribution is 2.36.